The van der Waals surface area contributed by atoms with E-state index in [1.807, 2.05) is 0 Å². The van der Waals surface area contributed by atoms with Crippen molar-refractivity contribution in [2.75, 3.05) is 7.05 Å². The van der Waals surface area contributed by atoms with Crippen LogP contribution >= 0.6 is 11.6 Å². The summed E-state index contributed by atoms with van der Waals surface area (Å²) >= 11 is 5.71. The van der Waals surface area contributed by atoms with Crippen molar-refractivity contribution in [3.8, 4) is 0 Å². The minimum atomic E-state index is -4.46. The summed E-state index contributed by atoms with van der Waals surface area (Å²) in [5.74, 6) is -0.612. The summed E-state index contributed by atoms with van der Waals surface area (Å²) in [5.41, 5.74) is -0.208. The summed E-state index contributed by atoms with van der Waals surface area (Å²) in [6, 6.07) is 8.41. The normalized spacial score (nSPS) is 13.2. The van der Waals surface area contributed by atoms with E-state index in [0.29, 0.717) is 5.56 Å². The van der Waals surface area contributed by atoms with E-state index in [4.69, 9.17) is 11.6 Å². The van der Waals surface area contributed by atoms with Gasteiger partial charge in [0, 0.05) is 0 Å². The van der Waals surface area contributed by atoms with Gasteiger partial charge in [0.25, 0.3) is 0 Å². The third-order valence-corrected chi connectivity index (χ3v) is 3.43. The molecule has 0 bridgehead atoms. The van der Waals surface area contributed by atoms with Crippen LogP contribution in [0.3, 0.4) is 0 Å². The van der Waals surface area contributed by atoms with Gasteiger partial charge in [-0.3, -0.25) is 0 Å². The van der Waals surface area contributed by atoms with Gasteiger partial charge in [-0.1, -0.05) is 35.9 Å². The highest BCUT2D eigenvalue weighted by Gasteiger charge is 2.35. The molecule has 0 fully saturated rings. The van der Waals surface area contributed by atoms with E-state index < -0.39 is 23.6 Å². The predicted octanol–water partition coefficient (Wildman–Crippen LogP) is 4.81. The maximum atomic E-state index is 13.2. The molecule has 0 aliphatic carbocycles. The SMILES string of the molecule is CNC(c1ccc(F)c(Cl)c1)c1ccccc1C(F)(F)F. The number of nitrogens with one attached hydrogen (secondary N) is 1. The van der Waals surface area contributed by atoms with E-state index in [1.54, 1.807) is 0 Å². The molecule has 2 aromatic rings. The van der Waals surface area contributed by atoms with E-state index in [0.717, 1.165) is 12.1 Å². The van der Waals surface area contributed by atoms with Gasteiger partial charge in [-0.05, 0) is 36.4 Å². The van der Waals surface area contributed by atoms with Gasteiger partial charge in [0.2, 0.25) is 0 Å². The Morgan fingerprint density at radius 1 is 1.10 bits per heavy atom. The molecule has 0 heterocycles. The zero-order valence-corrected chi connectivity index (χ0v) is 11.8. The fraction of sp³-hybridized carbons (Fsp3) is 0.200. The molecule has 0 saturated heterocycles. The van der Waals surface area contributed by atoms with Gasteiger partial charge >= 0.3 is 6.18 Å². The summed E-state index contributed by atoms with van der Waals surface area (Å²) in [5, 5.41) is 2.69. The maximum Gasteiger partial charge on any atom is 0.416 e. The number of hydrogen-bond donors (Lipinski definition) is 1. The van der Waals surface area contributed by atoms with Gasteiger partial charge in [-0.25, -0.2) is 4.39 Å². The monoisotopic (exact) mass is 317 g/mol. The largest absolute Gasteiger partial charge is 0.416 e. The van der Waals surface area contributed by atoms with Crippen molar-refractivity contribution < 1.29 is 17.6 Å². The summed E-state index contributed by atoms with van der Waals surface area (Å²) in [6.45, 7) is 0. The number of alkyl halides is 3. The number of hydrogen-bond acceptors (Lipinski definition) is 1. The van der Waals surface area contributed by atoms with Gasteiger partial charge < -0.3 is 5.32 Å². The first-order chi connectivity index (χ1) is 9.84. The predicted molar refractivity (Wildman–Crippen MR) is 73.8 cm³/mol. The summed E-state index contributed by atoms with van der Waals surface area (Å²) in [4.78, 5) is 0. The van der Waals surface area contributed by atoms with Gasteiger partial charge in [0.05, 0.1) is 16.6 Å². The lowest BCUT2D eigenvalue weighted by Gasteiger charge is -2.22. The lowest BCUT2D eigenvalue weighted by Crippen LogP contribution is -2.22. The van der Waals surface area contributed by atoms with Crippen LogP contribution in [0.25, 0.3) is 0 Å². The molecule has 0 radical (unpaired) electrons. The van der Waals surface area contributed by atoms with Crippen LogP contribution in [0.5, 0.6) is 0 Å². The van der Waals surface area contributed by atoms with Crippen LogP contribution in [0, 0.1) is 5.82 Å². The molecule has 0 aromatic heterocycles. The highest BCUT2D eigenvalue weighted by Crippen LogP contribution is 2.36. The molecule has 1 atom stereocenters. The molecule has 0 amide bonds. The Balaban J connectivity index is 2.54. The molecule has 2 rings (SSSR count). The standard InChI is InChI=1S/C15H12ClF4N/c1-21-14(9-6-7-13(17)12(16)8-9)10-4-2-3-5-11(10)15(18,19)20/h2-8,14,21H,1H3. The van der Waals surface area contributed by atoms with Gasteiger partial charge in [-0.15, -0.1) is 0 Å². The van der Waals surface area contributed by atoms with Crippen LogP contribution in [-0.2, 0) is 6.18 Å². The first-order valence-electron chi connectivity index (χ1n) is 6.13. The quantitative estimate of drug-likeness (QED) is 0.801. The average Bonchev–Trinajstić information content (AvgIpc) is 2.43. The molecular formula is C15H12ClF4N. The third kappa shape index (κ3) is 3.36. The highest BCUT2D eigenvalue weighted by molar-refractivity contribution is 6.30. The second kappa shape index (κ2) is 6.03. The van der Waals surface area contributed by atoms with E-state index in [1.165, 1.54) is 37.4 Å². The highest BCUT2D eigenvalue weighted by atomic mass is 35.5. The minimum absolute atomic E-state index is 0.0650. The smallest absolute Gasteiger partial charge is 0.309 e. The van der Waals surface area contributed by atoms with Gasteiger partial charge in [-0.2, -0.15) is 13.2 Å². The van der Waals surface area contributed by atoms with Crippen LogP contribution in [0.15, 0.2) is 42.5 Å². The Hall–Kier alpha value is -1.59. The molecule has 0 spiro atoms. The first kappa shape index (κ1) is 15.8. The van der Waals surface area contributed by atoms with E-state index in [2.05, 4.69) is 5.32 Å². The molecule has 2 aromatic carbocycles. The van der Waals surface area contributed by atoms with Crippen molar-refractivity contribution in [2.24, 2.45) is 0 Å². The topological polar surface area (TPSA) is 12.0 Å². The average molecular weight is 318 g/mol. The zero-order valence-electron chi connectivity index (χ0n) is 11.0. The van der Waals surface area contributed by atoms with Crippen molar-refractivity contribution in [1.82, 2.24) is 5.32 Å². The molecule has 0 aliphatic heterocycles. The number of benzene rings is 2. The molecule has 1 N–H and O–H groups in total. The second-order valence-corrected chi connectivity index (χ2v) is 4.89. The van der Waals surface area contributed by atoms with Crippen LogP contribution in [-0.4, -0.2) is 7.05 Å². The Morgan fingerprint density at radius 2 is 1.76 bits per heavy atom. The summed E-state index contributed by atoms with van der Waals surface area (Å²) in [6.07, 6.45) is -4.46. The van der Waals surface area contributed by atoms with Crippen LogP contribution in [0.1, 0.15) is 22.7 Å². The maximum absolute atomic E-state index is 13.2. The van der Waals surface area contributed by atoms with Crippen molar-refractivity contribution >= 4 is 11.6 Å². The third-order valence-electron chi connectivity index (χ3n) is 3.14. The molecule has 1 nitrogen and oxygen atoms in total. The first-order valence-corrected chi connectivity index (χ1v) is 6.50. The minimum Gasteiger partial charge on any atom is -0.309 e. The number of rotatable bonds is 3. The number of halogens is 5. The zero-order chi connectivity index (χ0) is 15.6. The van der Waals surface area contributed by atoms with E-state index in [9.17, 15) is 17.6 Å². The van der Waals surface area contributed by atoms with Crippen molar-refractivity contribution in [3.05, 3.63) is 70.0 Å². The second-order valence-electron chi connectivity index (χ2n) is 4.48. The lowest BCUT2D eigenvalue weighted by atomic mass is 9.94. The Labute approximate surface area is 124 Å². The summed E-state index contributed by atoms with van der Waals surface area (Å²) < 4.78 is 52.5. The van der Waals surface area contributed by atoms with Crippen molar-refractivity contribution in [1.29, 1.82) is 0 Å². The molecule has 1 unspecified atom stereocenters. The van der Waals surface area contributed by atoms with Gasteiger partial charge in [0.1, 0.15) is 5.82 Å². The van der Waals surface area contributed by atoms with E-state index in [-0.39, 0.29) is 10.6 Å². The Kier molecular flexibility index (Phi) is 4.54. The molecule has 6 heteroatoms. The van der Waals surface area contributed by atoms with Crippen molar-refractivity contribution in [2.45, 2.75) is 12.2 Å². The van der Waals surface area contributed by atoms with Crippen LogP contribution in [0.2, 0.25) is 5.02 Å². The summed E-state index contributed by atoms with van der Waals surface area (Å²) in [7, 11) is 1.54. The Morgan fingerprint density at radius 3 is 2.33 bits per heavy atom. The van der Waals surface area contributed by atoms with Crippen LogP contribution < -0.4 is 5.32 Å². The molecule has 0 saturated carbocycles. The molecule has 21 heavy (non-hydrogen) atoms. The molecular weight excluding hydrogens is 306 g/mol. The van der Waals surface area contributed by atoms with Crippen molar-refractivity contribution in [3.63, 3.8) is 0 Å². The molecule has 112 valence electrons. The van der Waals surface area contributed by atoms with E-state index >= 15 is 0 Å². The Bertz CT molecular complexity index is 640. The fourth-order valence-corrected chi connectivity index (χ4v) is 2.39. The molecule has 0 aliphatic rings. The van der Waals surface area contributed by atoms with Gasteiger partial charge in [0.15, 0.2) is 0 Å². The van der Waals surface area contributed by atoms with Crippen LogP contribution in [0.4, 0.5) is 17.6 Å². The lowest BCUT2D eigenvalue weighted by molar-refractivity contribution is -0.138. The fourth-order valence-electron chi connectivity index (χ4n) is 2.20.